The molecule has 0 aliphatic rings. The molecule has 4 aromatic rings. The molecule has 0 saturated heterocycles. The molecule has 0 atom stereocenters. The Kier molecular flexibility index (Phi) is 4.59. The highest BCUT2D eigenvalue weighted by molar-refractivity contribution is 9.10. The van der Waals surface area contributed by atoms with Crippen molar-refractivity contribution < 1.29 is 8.42 Å². The number of fused-ring (bicyclic) bond motifs is 1. The van der Waals surface area contributed by atoms with Gasteiger partial charge in [-0.3, -0.25) is 0 Å². The molecule has 1 heterocycles. The number of rotatable bonds is 3. The lowest BCUT2D eigenvalue weighted by Gasteiger charge is -2.08. The number of halogens is 1. The monoisotopic (exact) mass is 440 g/mol. The number of nitrogens with zero attached hydrogens (tertiary/aromatic N) is 4. The highest BCUT2D eigenvalue weighted by Crippen LogP contribution is 2.19. The van der Waals surface area contributed by atoms with Crippen molar-refractivity contribution in [2.75, 3.05) is 0 Å². The lowest BCUT2D eigenvalue weighted by atomic mass is 10.2. The van der Waals surface area contributed by atoms with Crippen LogP contribution in [0, 0.1) is 0 Å². The van der Waals surface area contributed by atoms with E-state index in [9.17, 15) is 8.42 Å². The Hall–Kier alpha value is -2.84. The molecule has 0 aliphatic carbocycles. The SMILES string of the molecule is O=S(=O)(/N=C(\c1ccccc1)n1nnc2ccccc21)c1ccc(Br)cc1. The Labute approximate surface area is 164 Å². The summed E-state index contributed by atoms with van der Waals surface area (Å²) in [7, 11) is -3.94. The molecule has 0 bridgehead atoms. The zero-order chi connectivity index (χ0) is 18.9. The predicted octanol–water partition coefficient (Wildman–Crippen LogP) is 3.88. The number of benzene rings is 3. The zero-order valence-electron chi connectivity index (χ0n) is 13.9. The van der Waals surface area contributed by atoms with Gasteiger partial charge >= 0.3 is 0 Å². The first-order valence-electron chi connectivity index (χ1n) is 8.01. The summed E-state index contributed by atoms with van der Waals surface area (Å²) in [5.74, 6) is 0.187. The molecule has 0 fully saturated rings. The fraction of sp³-hybridized carbons (Fsp3) is 0. The molecule has 27 heavy (non-hydrogen) atoms. The number of hydrogen-bond acceptors (Lipinski definition) is 4. The van der Waals surface area contributed by atoms with E-state index in [1.807, 2.05) is 42.5 Å². The van der Waals surface area contributed by atoms with Gasteiger partial charge in [0.15, 0.2) is 5.84 Å². The molecule has 0 saturated carbocycles. The minimum absolute atomic E-state index is 0.101. The molecular formula is C19H13BrN4O2S. The minimum atomic E-state index is -3.94. The van der Waals surface area contributed by atoms with E-state index in [0.717, 1.165) is 4.47 Å². The molecule has 3 aromatic carbocycles. The summed E-state index contributed by atoms with van der Waals surface area (Å²) in [6, 6.07) is 22.7. The molecule has 0 N–H and O–H groups in total. The van der Waals surface area contributed by atoms with Crippen LogP contribution in [0.5, 0.6) is 0 Å². The van der Waals surface area contributed by atoms with Crippen LogP contribution in [0.4, 0.5) is 0 Å². The highest BCUT2D eigenvalue weighted by atomic mass is 79.9. The Balaban J connectivity index is 1.94. The van der Waals surface area contributed by atoms with Crippen LogP contribution in [-0.4, -0.2) is 29.2 Å². The van der Waals surface area contributed by atoms with E-state index < -0.39 is 10.0 Å². The van der Waals surface area contributed by atoms with Gasteiger partial charge in [-0.2, -0.15) is 13.1 Å². The highest BCUT2D eigenvalue weighted by Gasteiger charge is 2.19. The third kappa shape index (κ3) is 3.54. The Morgan fingerprint density at radius 3 is 2.30 bits per heavy atom. The van der Waals surface area contributed by atoms with Gasteiger partial charge in [-0.05, 0) is 36.4 Å². The molecule has 134 valence electrons. The Morgan fingerprint density at radius 2 is 1.56 bits per heavy atom. The average molecular weight is 441 g/mol. The molecule has 4 rings (SSSR count). The number of aromatic nitrogens is 3. The van der Waals surface area contributed by atoms with E-state index in [2.05, 4.69) is 30.6 Å². The molecule has 0 aliphatic heterocycles. The molecule has 0 spiro atoms. The van der Waals surface area contributed by atoms with Crippen LogP contribution in [0.2, 0.25) is 0 Å². The molecule has 0 unspecified atom stereocenters. The van der Waals surface area contributed by atoms with Gasteiger partial charge < -0.3 is 0 Å². The van der Waals surface area contributed by atoms with Crippen molar-refractivity contribution in [3.63, 3.8) is 0 Å². The lowest BCUT2D eigenvalue weighted by molar-refractivity contribution is 0.597. The molecular weight excluding hydrogens is 428 g/mol. The fourth-order valence-corrected chi connectivity index (χ4v) is 3.86. The average Bonchev–Trinajstić information content (AvgIpc) is 3.11. The van der Waals surface area contributed by atoms with Gasteiger partial charge in [-0.15, -0.1) is 9.50 Å². The standard InChI is InChI=1S/C19H13BrN4O2S/c20-15-10-12-16(13-11-15)27(25,26)22-19(14-6-2-1-3-7-14)24-18-9-5-4-8-17(18)21-23-24/h1-13H/b22-19+. The maximum Gasteiger partial charge on any atom is 0.284 e. The van der Waals surface area contributed by atoms with Crippen LogP contribution in [0.3, 0.4) is 0 Å². The topological polar surface area (TPSA) is 77.2 Å². The molecule has 8 heteroatoms. The fourth-order valence-electron chi connectivity index (χ4n) is 2.60. The van der Waals surface area contributed by atoms with Gasteiger partial charge in [-0.1, -0.05) is 63.6 Å². The Morgan fingerprint density at radius 1 is 0.889 bits per heavy atom. The lowest BCUT2D eigenvalue weighted by Crippen LogP contribution is -2.17. The first-order valence-corrected chi connectivity index (χ1v) is 10.2. The van der Waals surface area contributed by atoms with Gasteiger partial charge in [0, 0.05) is 10.0 Å². The summed E-state index contributed by atoms with van der Waals surface area (Å²) in [6.07, 6.45) is 0. The summed E-state index contributed by atoms with van der Waals surface area (Å²) >= 11 is 3.31. The van der Waals surface area contributed by atoms with Crippen molar-refractivity contribution in [3.8, 4) is 0 Å². The van der Waals surface area contributed by atoms with Crippen LogP contribution in [-0.2, 0) is 10.0 Å². The van der Waals surface area contributed by atoms with Crippen LogP contribution >= 0.6 is 15.9 Å². The number of hydrogen-bond donors (Lipinski definition) is 0. The zero-order valence-corrected chi connectivity index (χ0v) is 16.3. The van der Waals surface area contributed by atoms with Crippen LogP contribution < -0.4 is 0 Å². The van der Waals surface area contributed by atoms with Crippen LogP contribution in [0.25, 0.3) is 11.0 Å². The summed E-state index contributed by atoms with van der Waals surface area (Å²) in [5.41, 5.74) is 1.95. The first-order chi connectivity index (χ1) is 13.0. The number of sulfonamides is 1. The second-order valence-electron chi connectivity index (χ2n) is 5.70. The van der Waals surface area contributed by atoms with Crippen molar-refractivity contribution in [3.05, 3.63) is 88.9 Å². The first kappa shape index (κ1) is 17.6. The maximum atomic E-state index is 12.9. The van der Waals surface area contributed by atoms with Gasteiger partial charge in [0.2, 0.25) is 0 Å². The van der Waals surface area contributed by atoms with E-state index in [1.54, 1.807) is 24.3 Å². The van der Waals surface area contributed by atoms with E-state index >= 15 is 0 Å². The summed E-state index contributed by atoms with van der Waals surface area (Å²) in [4.78, 5) is 0.101. The van der Waals surface area contributed by atoms with Gasteiger partial charge in [0.05, 0.1) is 10.4 Å². The van der Waals surface area contributed by atoms with E-state index in [-0.39, 0.29) is 10.7 Å². The minimum Gasteiger partial charge on any atom is -0.199 e. The quantitative estimate of drug-likeness (QED) is 0.357. The largest absolute Gasteiger partial charge is 0.284 e. The predicted molar refractivity (Wildman–Crippen MR) is 107 cm³/mol. The van der Waals surface area contributed by atoms with Crippen LogP contribution in [0.1, 0.15) is 5.56 Å². The molecule has 0 amide bonds. The summed E-state index contributed by atoms with van der Waals surface area (Å²) in [6.45, 7) is 0. The van der Waals surface area contributed by atoms with E-state index in [0.29, 0.717) is 16.6 Å². The third-order valence-corrected chi connectivity index (χ3v) is 5.71. The molecule has 1 aromatic heterocycles. The van der Waals surface area contributed by atoms with Crippen molar-refractivity contribution in [2.45, 2.75) is 4.90 Å². The van der Waals surface area contributed by atoms with E-state index in [1.165, 1.54) is 16.8 Å². The van der Waals surface area contributed by atoms with Gasteiger partial charge in [0.25, 0.3) is 10.0 Å². The van der Waals surface area contributed by atoms with Crippen LogP contribution in [0.15, 0.2) is 92.6 Å². The smallest absolute Gasteiger partial charge is 0.199 e. The van der Waals surface area contributed by atoms with Crippen molar-refractivity contribution in [1.82, 2.24) is 15.0 Å². The third-order valence-electron chi connectivity index (χ3n) is 3.90. The molecule has 0 radical (unpaired) electrons. The number of para-hydroxylation sites is 1. The van der Waals surface area contributed by atoms with Gasteiger partial charge in [0.1, 0.15) is 5.52 Å². The Bertz CT molecular complexity index is 1230. The normalized spacial score (nSPS) is 12.4. The summed E-state index contributed by atoms with van der Waals surface area (Å²) in [5, 5.41) is 8.24. The summed E-state index contributed by atoms with van der Waals surface area (Å²) < 4.78 is 32.1. The molecule has 6 nitrogen and oxygen atoms in total. The second kappa shape index (κ2) is 7.05. The van der Waals surface area contributed by atoms with Crippen molar-refractivity contribution >= 4 is 42.8 Å². The van der Waals surface area contributed by atoms with E-state index in [4.69, 9.17) is 0 Å². The maximum absolute atomic E-state index is 12.9. The second-order valence-corrected chi connectivity index (χ2v) is 8.22. The van der Waals surface area contributed by atoms with Crippen molar-refractivity contribution in [2.24, 2.45) is 4.40 Å². The van der Waals surface area contributed by atoms with Crippen molar-refractivity contribution in [1.29, 1.82) is 0 Å². The van der Waals surface area contributed by atoms with Gasteiger partial charge in [-0.25, -0.2) is 0 Å².